The molecule has 1 rings (SSSR count). The summed E-state index contributed by atoms with van der Waals surface area (Å²) < 4.78 is 42.8. The average molecular weight is 329 g/mol. The lowest BCUT2D eigenvalue weighted by atomic mass is 10.1. The number of hydrogen-bond acceptors (Lipinski definition) is 3. The van der Waals surface area contributed by atoms with E-state index < -0.39 is 29.2 Å². The molecule has 1 aromatic rings. The quantitative estimate of drug-likeness (QED) is 0.643. The summed E-state index contributed by atoms with van der Waals surface area (Å²) in [6.45, 7) is 5.39. The largest absolute Gasteiger partial charge is 0.508 e. The summed E-state index contributed by atoms with van der Waals surface area (Å²) in [5.74, 6) is 4.64. The van der Waals surface area contributed by atoms with Crippen molar-refractivity contribution >= 4 is 6.09 Å². The van der Waals surface area contributed by atoms with Gasteiger partial charge in [0.15, 0.2) is 0 Å². The number of alkyl halides is 3. The van der Waals surface area contributed by atoms with Gasteiger partial charge in [-0.2, -0.15) is 13.2 Å². The standard InChI is InChI=1S/C16H18F3NO3/c1-15(2,3)23-14(22)20-7-5-4-6-11-8-12(16(17,18)19)10-13(21)9-11/h8-10,21H,5,7H2,1-3H3,(H,20,22). The predicted octanol–water partition coefficient (Wildman–Crippen LogP) is 3.68. The summed E-state index contributed by atoms with van der Waals surface area (Å²) in [6.07, 6.45) is -4.90. The van der Waals surface area contributed by atoms with Crippen LogP contribution in [0, 0.1) is 11.8 Å². The normalized spacial score (nSPS) is 11.4. The maximum absolute atomic E-state index is 12.6. The Morgan fingerprint density at radius 2 is 1.91 bits per heavy atom. The van der Waals surface area contributed by atoms with Crippen LogP contribution in [-0.2, 0) is 10.9 Å². The van der Waals surface area contributed by atoms with E-state index >= 15 is 0 Å². The van der Waals surface area contributed by atoms with Crippen LogP contribution in [0.5, 0.6) is 5.75 Å². The number of phenolic OH excluding ortho intramolecular Hbond substituents is 1. The highest BCUT2D eigenvalue weighted by Gasteiger charge is 2.31. The Morgan fingerprint density at radius 3 is 2.48 bits per heavy atom. The molecule has 0 aromatic heterocycles. The van der Waals surface area contributed by atoms with Gasteiger partial charge in [-0.15, -0.1) is 0 Å². The lowest BCUT2D eigenvalue weighted by Gasteiger charge is -2.19. The molecular weight excluding hydrogens is 311 g/mol. The zero-order chi connectivity index (χ0) is 17.7. The number of phenols is 1. The van der Waals surface area contributed by atoms with Crippen molar-refractivity contribution in [3.05, 3.63) is 29.3 Å². The first-order valence-electron chi connectivity index (χ1n) is 6.84. The fourth-order valence-electron chi connectivity index (χ4n) is 1.55. The van der Waals surface area contributed by atoms with Crippen LogP contribution >= 0.6 is 0 Å². The molecule has 1 aromatic carbocycles. The molecule has 0 heterocycles. The van der Waals surface area contributed by atoms with E-state index in [-0.39, 0.29) is 18.5 Å². The molecule has 126 valence electrons. The summed E-state index contributed by atoms with van der Waals surface area (Å²) >= 11 is 0. The number of amides is 1. The maximum Gasteiger partial charge on any atom is 0.416 e. The van der Waals surface area contributed by atoms with E-state index in [0.717, 1.165) is 12.1 Å². The Hall–Kier alpha value is -2.36. The van der Waals surface area contributed by atoms with E-state index in [1.165, 1.54) is 0 Å². The lowest BCUT2D eigenvalue weighted by Crippen LogP contribution is -2.32. The molecule has 0 fully saturated rings. The molecule has 4 nitrogen and oxygen atoms in total. The first-order chi connectivity index (χ1) is 10.5. The average Bonchev–Trinajstić information content (AvgIpc) is 2.34. The number of rotatable bonds is 2. The summed E-state index contributed by atoms with van der Waals surface area (Å²) in [7, 11) is 0. The van der Waals surface area contributed by atoms with Gasteiger partial charge in [0.2, 0.25) is 0 Å². The Bertz CT molecular complexity index is 622. The molecule has 0 aliphatic rings. The van der Waals surface area contributed by atoms with Crippen LogP contribution in [-0.4, -0.2) is 23.3 Å². The first kappa shape index (κ1) is 18.7. The minimum atomic E-state index is -4.55. The second kappa shape index (κ2) is 7.27. The van der Waals surface area contributed by atoms with Gasteiger partial charge < -0.3 is 15.2 Å². The number of nitrogens with one attached hydrogen (secondary N) is 1. The minimum Gasteiger partial charge on any atom is -0.508 e. The van der Waals surface area contributed by atoms with Crippen molar-refractivity contribution in [2.45, 2.75) is 39.0 Å². The van der Waals surface area contributed by atoms with Crippen molar-refractivity contribution < 1.29 is 27.8 Å². The number of benzene rings is 1. The predicted molar refractivity (Wildman–Crippen MR) is 78.8 cm³/mol. The molecule has 0 unspecified atom stereocenters. The zero-order valence-corrected chi connectivity index (χ0v) is 13.0. The number of halogens is 3. The number of ether oxygens (including phenoxy) is 1. The first-order valence-corrected chi connectivity index (χ1v) is 6.84. The Labute approximate surface area is 132 Å². The van der Waals surface area contributed by atoms with Gasteiger partial charge in [-0.1, -0.05) is 11.8 Å². The molecule has 0 radical (unpaired) electrons. The summed E-state index contributed by atoms with van der Waals surface area (Å²) in [5, 5.41) is 11.8. The van der Waals surface area contributed by atoms with Crippen LogP contribution in [0.1, 0.15) is 38.3 Å². The highest BCUT2D eigenvalue weighted by molar-refractivity contribution is 5.67. The molecule has 1 amide bonds. The lowest BCUT2D eigenvalue weighted by molar-refractivity contribution is -0.137. The summed E-state index contributed by atoms with van der Waals surface area (Å²) in [4.78, 5) is 11.4. The maximum atomic E-state index is 12.6. The Kier molecular flexibility index (Phi) is 5.91. The molecule has 7 heteroatoms. The van der Waals surface area contributed by atoms with Crippen LogP contribution in [0.3, 0.4) is 0 Å². The van der Waals surface area contributed by atoms with Gasteiger partial charge in [0.25, 0.3) is 0 Å². The van der Waals surface area contributed by atoms with Crippen LogP contribution in [0.25, 0.3) is 0 Å². The van der Waals surface area contributed by atoms with Gasteiger partial charge in [0.1, 0.15) is 11.4 Å². The third-order valence-corrected chi connectivity index (χ3v) is 2.40. The molecule has 0 saturated heterocycles. The second-order valence-electron chi connectivity index (χ2n) is 5.75. The van der Waals surface area contributed by atoms with E-state index in [4.69, 9.17) is 4.74 Å². The molecule has 2 N–H and O–H groups in total. The van der Waals surface area contributed by atoms with Gasteiger partial charge in [0.05, 0.1) is 5.56 Å². The van der Waals surface area contributed by atoms with E-state index in [1.54, 1.807) is 20.8 Å². The molecule has 0 saturated carbocycles. The third kappa shape index (κ3) is 7.45. The number of hydrogen-bond donors (Lipinski definition) is 2. The van der Waals surface area contributed by atoms with Crippen LogP contribution in [0.2, 0.25) is 0 Å². The van der Waals surface area contributed by atoms with Crippen molar-refractivity contribution in [1.82, 2.24) is 5.32 Å². The van der Waals surface area contributed by atoms with Crippen LogP contribution < -0.4 is 5.32 Å². The van der Waals surface area contributed by atoms with Crippen molar-refractivity contribution in [3.8, 4) is 17.6 Å². The highest BCUT2D eigenvalue weighted by Crippen LogP contribution is 2.32. The highest BCUT2D eigenvalue weighted by atomic mass is 19.4. The smallest absolute Gasteiger partial charge is 0.416 e. The molecule has 0 spiro atoms. The van der Waals surface area contributed by atoms with E-state index in [2.05, 4.69) is 17.2 Å². The number of aromatic hydroxyl groups is 1. The summed E-state index contributed by atoms with van der Waals surface area (Å²) in [5.41, 5.74) is -1.52. The summed E-state index contributed by atoms with van der Waals surface area (Å²) in [6, 6.07) is 2.63. The topological polar surface area (TPSA) is 58.6 Å². The molecule has 23 heavy (non-hydrogen) atoms. The van der Waals surface area contributed by atoms with Gasteiger partial charge in [0, 0.05) is 18.5 Å². The van der Waals surface area contributed by atoms with E-state index in [9.17, 15) is 23.1 Å². The van der Waals surface area contributed by atoms with Crippen molar-refractivity contribution in [2.24, 2.45) is 0 Å². The second-order valence-corrected chi connectivity index (χ2v) is 5.75. The van der Waals surface area contributed by atoms with E-state index in [1.807, 2.05) is 0 Å². The zero-order valence-electron chi connectivity index (χ0n) is 13.0. The molecule has 0 atom stereocenters. The van der Waals surface area contributed by atoms with Gasteiger partial charge >= 0.3 is 12.3 Å². The monoisotopic (exact) mass is 329 g/mol. The van der Waals surface area contributed by atoms with Gasteiger partial charge in [-0.05, 0) is 39.0 Å². The minimum absolute atomic E-state index is 0.0505. The van der Waals surface area contributed by atoms with Gasteiger partial charge in [-0.25, -0.2) is 4.79 Å². The van der Waals surface area contributed by atoms with Gasteiger partial charge in [-0.3, -0.25) is 0 Å². The fourth-order valence-corrected chi connectivity index (χ4v) is 1.55. The van der Waals surface area contributed by atoms with E-state index in [0.29, 0.717) is 6.07 Å². The molecule has 0 bridgehead atoms. The number of carbonyl (C=O) groups is 1. The SMILES string of the molecule is CC(C)(C)OC(=O)NCCC#Cc1cc(O)cc(C(F)(F)F)c1. The van der Waals surface area contributed by atoms with Crippen LogP contribution in [0.4, 0.5) is 18.0 Å². The van der Waals surface area contributed by atoms with Crippen LogP contribution in [0.15, 0.2) is 18.2 Å². The van der Waals surface area contributed by atoms with Crippen molar-refractivity contribution in [3.63, 3.8) is 0 Å². The number of alkyl carbamates (subject to hydrolysis) is 1. The van der Waals surface area contributed by atoms with Crippen molar-refractivity contribution in [1.29, 1.82) is 0 Å². The Balaban J connectivity index is 2.58. The number of carbonyl (C=O) groups excluding carboxylic acids is 1. The Morgan fingerprint density at radius 1 is 1.26 bits per heavy atom. The third-order valence-electron chi connectivity index (χ3n) is 2.40. The van der Waals surface area contributed by atoms with Crippen molar-refractivity contribution in [2.75, 3.05) is 6.54 Å². The molecular formula is C16H18F3NO3. The molecule has 0 aliphatic heterocycles. The molecule has 0 aliphatic carbocycles. The fraction of sp³-hybridized carbons (Fsp3) is 0.438.